The minimum absolute atomic E-state index is 0.0594. The topological polar surface area (TPSA) is 75.4 Å². The molecule has 0 aliphatic heterocycles. The van der Waals surface area contributed by atoms with Crippen molar-refractivity contribution in [2.45, 2.75) is 40.2 Å². The van der Waals surface area contributed by atoms with E-state index in [0.29, 0.717) is 12.3 Å². The number of benzene rings is 1. The maximum absolute atomic E-state index is 10.8. The van der Waals surface area contributed by atoms with Crippen LogP contribution in [0.15, 0.2) is 30.4 Å². The second-order valence-electron chi connectivity index (χ2n) is 4.86. The molecule has 0 radical (unpaired) electrons. The molecular formula is C16H26N2O3. The predicted molar refractivity (Wildman–Crippen MR) is 86.6 cm³/mol. The van der Waals surface area contributed by atoms with Crippen molar-refractivity contribution in [3.8, 4) is 5.75 Å². The zero-order valence-corrected chi connectivity index (χ0v) is 13.5. The molecule has 0 heterocycles. The van der Waals surface area contributed by atoms with Gasteiger partial charge in [-0.1, -0.05) is 45.9 Å². The van der Waals surface area contributed by atoms with Gasteiger partial charge in [-0.25, -0.2) is 0 Å². The number of hydrogen-bond donors (Lipinski definition) is 2. The average molecular weight is 294 g/mol. The Balaban J connectivity index is 0.00000191. The molecule has 0 saturated heterocycles. The monoisotopic (exact) mass is 294 g/mol. The highest BCUT2D eigenvalue weighted by atomic mass is 16.6. The van der Waals surface area contributed by atoms with Crippen LogP contribution in [0.25, 0.3) is 0 Å². The normalized spacial score (nSPS) is 11.5. The highest BCUT2D eigenvalue weighted by molar-refractivity contribution is 5.48. The average Bonchev–Trinajstić information content (AvgIpc) is 2.47. The first kappa shape index (κ1) is 19.1. The van der Waals surface area contributed by atoms with E-state index in [2.05, 4.69) is 25.7 Å². The van der Waals surface area contributed by atoms with Crippen molar-refractivity contribution in [2.75, 3.05) is 7.05 Å². The van der Waals surface area contributed by atoms with Crippen molar-refractivity contribution >= 4 is 5.69 Å². The molecule has 0 aliphatic carbocycles. The van der Waals surface area contributed by atoms with Crippen molar-refractivity contribution in [3.63, 3.8) is 0 Å². The van der Waals surface area contributed by atoms with Crippen LogP contribution in [0.5, 0.6) is 5.75 Å². The summed E-state index contributed by atoms with van der Waals surface area (Å²) in [7, 11) is 1.84. The molecule has 2 N–H and O–H groups in total. The van der Waals surface area contributed by atoms with E-state index in [4.69, 9.17) is 0 Å². The fourth-order valence-electron chi connectivity index (χ4n) is 1.90. The number of nitro groups is 1. The maximum atomic E-state index is 10.8. The third-order valence-electron chi connectivity index (χ3n) is 3.21. The number of likely N-dealkylation sites (N-methyl/N-ethyl adjacent to an activating group) is 1. The van der Waals surface area contributed by atoms with Gasteiger partial charge in [-0.05, 0) is 31.0 Å². The van der Waals surface area contributed by atoms with Crippen LogP contribution in [0.1, 0.15) is 33.3 Å². The Morgan fingerprint density at radius 2 is 2.00 bits per heavy atom. The first-order valence-electron chi connectivity index (χ1n) is 7.19. The minimum atomic E-state index is -0.579. The van der Waals surface area contributed by atoms with E-state index in [9.17, 15) is 15.2 Å². The van der Waals surface area contributed by atoms with Gasteiger partial charge < -0.3 is 10.4 Å². The number of hydrogen-bond acceptors (Lipinski definition) is 4. The molecule has 0 spiro atoms. The van der Waals surface area contributed by atoms with E-state index in [1.54, 1.807) is 6.07 Å². The first-order chi connectivity index (χ1) is 9.86. The van der Waals surface area contributed by atoms with E-state index in [1.807, 2.05) is 20.9 Å². The standard InChI is InChI=1S/C14H20N2O3.C2H6/c1-9(2)10(3)12(15-4)7-11-5-6-14(17)13(8-11)16(18)19;1-2/h5-6,8-9,12,15,17H,3,7H2,1-2,4H3;1-2H3. The van der Waals surface area contributed by atoms with Crippen molar-refractivity contribution in [3.05, 3.63) is 46.0 Å². The highest BCUT2D eigenvalue weighted by Crippen LogP contribution is 2.27. The van der Waals surface area contributed by atoms with E-state index in [-0.39, 0.29) is 17.5 Å². The summed E-state index contributed by atoms with van der Waals surface area (Å²) in [6, 6.07) is 4.52. The molecule has 1 aromatic rings. The van der Waals surface area contributed by atoms with Crippen LogP contribution in [0.4, 0.5) is 5.69 Å². The van der Waals surface area contributed by atoms with Crippen molar-refractivity contribution < 1.29 is 10.0 Å². The molecule has 0 aliphatic rings. The van der Waals surface area contributed by atoms with Crippen LogP contribution >= 0.6 is 0 Å². The minimum Gasteiger partial charge on any atom is -0.502 e. The van der Waals surface area contributed by atoms with E-state index >= 15 is 0 Å². The van der Waals surface area contributed by atoms with Crippen molar-refractivity contribution in [1.29, 1.82) is 0 Å². The lowest BCUT2D eigenvalue weighted by Crippen LogP contribution is -2.31. The van der Waals surface area contributed by atoms with Gasteiger partial charge >= 0.3 is 5.69 Å². The number of rotatable bonds is 6. The molecule has 21 heavy (non-hydrogen) atoms. The number of nitrogens with one attached hydrogen (secondary N) is 1. The third kappa shape index (κ3) is 5.55. The van der Waals surface area contributed by atoms with Gasteiger partial charge in [0.05, 0.1) is 4.92 Å². The quantitative estimate of drug-likeness (QED) is 0.477. The molecule has 1 unspecified atom stereocenters. The Morgan fingerprint density at radius 1 is 1.43 bits per heavy atom. The Morgan fingerprint density at radius 3 is 2.43 bits per heavy atom. The molecular weight excluding hydrogens is 268 g/mol. The smallest absolute Gasteiger partial charge is 0.310 e. The van der Waals surface area contributed by atoms with Gasteiger partial charge in [-0.3, -0.25) is 10.1 Å². The lowest BCUT2D eigenvalue weighted by molar-refractivity contribution is -0.385. The Labute approximate surface area is 126 Å². The lowest BCUT2D eigenvalue weighted by Gasteiger charge is -2.21. The molecule has 0 saturated carbocycles. The summed E-state index contributed by atoms with van der Waals surface area (Å²) >= 11 is 0. The van der Waals surface area contributed by atoms with E-state index in [0.717, 1.165) is 11.1 Å². The van der Waals surface area contributed by atoms with Gasteiger partial charge in [-0.15, -0.1) is 0 Å². The molecule has 0 amide bonds. The molecule has 118 valence electrons. The second kappa shape index (κ2) is 9.13. The zero-order valence-electron chi connectivity index (χ0n) is 13.5. The Hall–Kier alpha value is -1.88. The molecule has 1 rings (SSSR count). The van der Waals surface area contributed by atoms with E-state index < -0.39 is 4.92 Å². The number of nitro benzene ring substituents is 1. The van der Waals surface area contributed by atoms with Crippen LogP contribution in [-0.4, -0.2) is 23.1 Å². The Kier molecular flexibility index (Phi) is 8.31. The molecule has 1 atom stereocenters. The number of phenols is 1. The molecule has 1 aromatic carbocycles. The van der Waals surface area contributed by atoms with Gasteiger partial charge in [0.25, 0.3) is 0 Å². The fourth-order valence-corrected chi connectivity index (χ4v) is 1.90. The van der Waals surface area contributed by atoms with E-state index in [1.165, 1.54) is 12.1 Å². The van der Waals surface area contributed by atoms with Crippen LogP contribution in [0.2, 0.25) is 0 Å². The van der Waals surface area contributed by atoms with Gasteiger partial charge in [0.1, 0.15) is 0 Å². The van der Waals surface area contributed by atoms with Crippen LogP contribution in [0.3, 0.4) is 0 Å². The number of phenolic OH excluding ortho intramolecular Hbond substituents is 1. The van der Waals surface area contributed by atoms with Crippen LogP contribution < -0.4 is 5.32 Å². The molecule has 0 aromatic heterocycles. The zero-order chi connectivity index (χ0) is 16.6. The first-order valence-corrected chi connectivity index (χ1v) is 7.19. The summed E-state index contributed by atoms with van der Waals surface area (Å²) in [4.78, 5) is 10.2. The number of nitrogens with zero attached hydrogens (tertiary/aromatic N) is 1. The summed E-state index contributed by atoms with van der Waals surface area (Å²) < 4.78 is 0. The van der Waals surface area contributed by atoms with Crippen LogP contribution in [-0.2, 0) is 6.42 Å². The summed E-state index contributed by atoms with van der Waals surface area (Å²) in [5.74, 6) is 0.0296. The van der Waals surface area contributed by atoms with Gasteiger partial charge in [-0.2, -0.15) is 0 Å². The lowest BCUT2D eigenvalue weighted by atomic mass is 9.92. The highest BCUT2D eigenvalue weighted by Gasteiger charge is 2.18. The fraction of sp³-hybridized carbons (Fsp3) is 0.500. The Bertz CT molecular complexity index is 484. The van der Waals surface area contributed by atoms with Gasteiger partial charge in [0.15, 0.2) is 5.75 Å². The summed E-state index contributed by atoms with van der Waals surface area (Å²) in [5, 5.41) is 23.4. The van der Waals surface area contributed by atoms with Crippen molar-refractivity contribution in [1.82, 2.24) is 5.32 Å². The largest absolute Gasteiger partial charge is 0.502 e. The predicted octanol–water partition coefficient (Wildman–Crippen LogP) is 3.67. The number of aromatic hydroxyl groups is 1. The molecule has 5 heteroatoms. The summed E-state index contributed by atoms with van der Waals surface area (Å²) in [6.07, 6.45) is 0.606. The molecule has 5 nitrogen and oxygen atoms in total. The third-order valence-corrected chi connectivity index (χ3v) is 3.21. The van der Waals surface area contributed by atoms with Crippen LogP contribution in [0, 0.1) is 16.0 Å². The van der Waals surface area contributed by atoms with Gasteiger partial charge in [0, 0.05) is 12.1 Å². The second-order valence-corrected chi connectivity index (χ2v) is 4.86. The van der Waals surface area contributed by atoms with Gasteiger partial charge in [0.2, 0.25) is 0 Å². The van der Waals surface area contributed by atoms with Crippen molar-refractivity contribution in [2.24, 2.45) is 5.92 Å². The maximum Gasteiger partial charge on any atom is 0.310 e. The molecule has 0 fully saturated rings. The summed E-state index contributed by atoms with van der Waals surface area (Å²) in [5.41, 5.74) is 1.59. The molecule has 0 bridgehead atoms. The summed E-state index contributed by atoms with van der Waals surface area (Å²) in [6.45, 7) is 12.2. The SMILES string of the molecule is C=C(C(C)C)C(Cc1ccc(O)c([N+](=O)[O-])c1)NC.CC.